The number of nitrogens with one attached hydrogen (secondary N) is 2. The van der Waals surface area contributed by atoms with Crippen LogP contribution in [0.2, 0.25) is 0 Å². The van der Waals surface area contributed by atoms with Crippen LogP contribution in [0, 0.1) is 6.92 Å². The van der Waals surface area contributed by atoms with Crippen molar-refractivity contribution in [2.75, 3.05) is 24.9 Å². The van der Waals surface area contributed by atoms with Crippen LogP contribution < -0.4 is 20.9 Å². The zero-order valence-electron chi connectivity index (χ0n) is 19.7. The highest BCUT2D eigenvalue weighted by molar-refractivity contribution is 7.20. The smallest absolute Gasteiger partial charge is 0.337 e. The summed E-state index contributed by atoms with van der Waals surface area (Å²) in [6, 6.07) is 13.2. The Morgan fingerprint density at radius 1 is 1.03 bits per heavy atom. The molecule has 2 N–H and O–H groups in total. The molecule has 4 rings (SSSR count). The van der Waals surface area contributed by atoms with E-state index in [2.05, 4.69) is 20.4 Å². The maximum Gasteiger partial charge on any atom is 0.337 e. The number of esters is 1. The van der Waals surface area contributed by atoms with Gasteiger partial charge in [-0.3, -0.25) is 19.0 Å². The largest absolute Gasteiger partial charge is 0.495 e. The Balaban J connectivity index is 1.53. The molecule has 0 aliphatic rings. The summed E-state index contributed by atoms with van der Waals surface area (Å²) in [6.07, 6.45) is 1.28. The van der Waals surface area contributed by atoms with Crippen molar-refractivity contribution in [1.29, 1.82) is 0 Å². The van der Waals surface area contributed by atoms with Gasteiger partial charge in [0.1, 0.15) is 17.1 Å². The van der Waals surface area contributed by atoms with Crippen LogP contribution in [0.25, 0.3) is 10.2 Å². The van der Waals surface area contributed by atoms with E-state index >= 15 is 0 Å². The van der Waals surface area contributed by atoms with Crippen molar-refractivity contribution in [3.63, 3.8) is 0 Å². The third-order valence-corrected chi connectivity index (χ3v) is 6.58. The van der Waals surface area contributed by atoms with Gasteiger partial charge in [-0.2, -0.15) is 0 Å². The minimum atomic E-state index is -0.485. The van der Waals surface area contributed by atoms with Crippen LogP contribution in [0.3, 0.4) is 0 Å². The molecule has 0 atom stereocenters. The van der Waals surface area contributed by atoms with E-state index < -0.39 is 17.4 Å². The van der Waals surface area contributed by atoms with Gasteiger partial charge in [-0.25, -0.2) is 9.78 Å². The highest BCUT2D eigenvalue weighted by atomic mass is 32.1. The summed E-state index contributed by atoms with van der Waals surface area (Å²) in [5.41, 5.74) is 1.36. The zero-order valence-corrected chi connectivity index (χ0v) is 20.5. The molecule has 36 heavy (non-hydrogen) atoms. The molecule has 10 nitrogen and oxygen atoms in total. The van der Waals surface area contributed by atoms with Crippen LogP contribution in [0.1, 0.15) is 25.6 Å². The molecule has 0 aliphatic heterocycles. The third-order valence-electron chi connectivity index (χ3n) is 5.38. The highest BCUT2D eigenvalue weighted by Crippen LogP contribution is 2.29. The van der Waals surface area contributed by atoms with Gasteiger partial charge < -0.3 is 20.1 Å². The number of anilines is 2. The Kier molecular flexibility index (Phi) is 7.11. The number of aryl methyl sites for hydroxylation is 1. The number of carbonyl (C=O) groups excluding carboxylic acids is 3. The van der Waals surface area contributed by atoms with E-state index in [4.69, 9.17) is 4.74 Å². The lowest BCUT2D eigenvalue weighted by Gasteiger charge is -2.09. The first-order valence-corrected chi connectivity index (χ1v) is 11.5. The molecule has 0 fully saturated rings. The molecule has 4 aromatic rings. The summed E-state index contributed by atoms with van der Waals surface area (Å²) >= 11 is 1.10. The van der Waals surface area contributed by atoms with Crippen LogP contribution >= 0.6 is 11.3 Å². The van der Waals surface area contributed by atoms with Crippen LogP contribution in [-0.4, -0.2) is 41.6 Å². The van der Waals surface area contributed by atoms with Crippen molar-refractivity contribution in [1.82, 2.24) is 9.55 Å². The summed E-state index contributed by atoms with van der Waals surface area (Å²) in [5, 5.41) is 5.76. The molecule has 0 unspecified atom stereocenters. The molecule has 2 aromatic carbocycles. The van der Waals surface area contributed by atoms with E-state index in [0.29, 0.717) is 38.0 Å². The predicted octanol–water partition coefficient (Wildman–Crippen LogP) is 3.45. The van der Waals surface area contributed by atoms with Gasteiger partial charge in [-0.15, -0.1) is 11.3 Å². The number of carbonyl (C=O) groups is 3. The van der Waals surface area contributed by atoms with Crippen molar-refractivity contribution in [3.8, 4) is 5.75 Å². The average molecular weight is 507 g/mol. The lowest BCUT2D eigenvalue weighted by atomic mass is 10.2. The van der Waals surface area contributed by atoms with Crippen LogP contribution in [0.4, 0.5) is 11.4 Å². The van der Waals surface area contributed by atoms with Crippen LogP contribution in [-0.2, 0) is 16.1 Å². The number of fused-ring (bicyclic) bond motifs is 1. The molecule has 0 spiro atoms. The van der Waals surface area contributed by atoms with Gasteiger partial charge in [-0.05, 0) is 48.9 Å². The average Bonchev–Trinajstić information content (AvgIpc) is 3.23. The Bertz CT molecular complexity index is 1520. The van der Waals surface area contributed by atoms with Gasteiger partial charge >= 0.3 is 5.97 Å². The molecular formula is C25H22N4O6S. The molecule has 0 bridgehead atoms. The second-order valence-electron chi connectivity index (χ2n) is 7.69. The number of hydrogen-bond acceptors (Lipinski definition) is 8. The van der Waals surface area contributed by atoms with Gasteiger partial charge in [0, 0.05) is 5.69 Å². The maximum absolute atomic E-state index is 13.1. The summed E-state index contributed by atoms with van der Waals surface area (Å²) in [5.74, 6) is -0.817. The molecule has 0 aliphatic carbocycles. The molecule has 2 heterocycles. The number of methoxy groups -OCH3 is 2. The summed E-state index contributed by atoms with van der Waals surface area (Å²) < 4.78 is 11.1. The molecule has 2 aromatic heterocycles. The summed E-state index contributed by atoms with van der Waals surface area (Å²) in [7, 11) is 2.79. The first-order chi connectivity index (χ1) is 17.3. The Morgan fingerprint density at radius 3 is 2.44 bits per heavy atom. The zero-order chi connectivity index (χ0) is 25.8. The van der Waals surface area contributed by atoms with E-state index in [1.54, 1.807) is 43.3 Å². The number of thiophene rings is 1. The number of aromatic nitrogens is 2. The fourth-order valence-corrected chi connectivity index (χ4v) is 4.61. The van der Waals surface area contributed by atoms with Crippen LogP contribution in [0.5, 0.6) is 5.75 Å². The van der Waals surface area contributed by atoms with Gasteiger partial charge in [0.05, 0.1) is 42.1 Å². The highest BCUT2D eigenvalue weighted by Gasteiger charge is 2.21. The molecule has 184 valence electrons. The normalized spacial score (nSPS) is 10.6. The van der Waals surface area contributed by atoms with E-state index in [1.165, 1.54) is 37.2 Å². The van der Waals surface area contributed by atoms with Crippen molar-refractivity contribution in [2.24, 2.45) is 0 Å². The van der Waals surface area contributed by atoms with Crippen molar-refractivity contribution >= 4 is 50.7 Å². The maximum atomic E-state index is 13.1. The Labute approximate surface area is 209 Å². The fourth-order valence-electron chi connectivity index (χ4n) is 3.58. The molecule has 11 heteroatoms. The van der Waals surface area contributed by atoms with Gasteiger partial charge in [0.25, 0.3) is 11.5 Å². The quantitative estimate of drug-likeness (QED) is 0.367. The predicted molar refractivity (Wildman–Crippen MR) is 136 cm³/mol. The number of benzene rings is 2. The molecule has 0 saturated carbocycles. The van der Waals surface area contributed by atoms with Crippen molar-refractivity contribution < 1.29 is 23.9 Å². The van der Waals surface area contributed by atoms with Crippen molar-refractivity contribution in [3.05, 3.63) is 81.2 Å². The molecule has 0 radical (unpaired) electrons. The topological polar surface area (TPSA) is 129 Å². The first-order valence-electron chi connectivity index (χ1n) is 10.7. The van der Waals surface area contributed by atoms with Crippen molar-refractivity contribution in [2.45, 2.75) is 13.5 Å². The lowest BCUT2D eigenvalue weighted by Crippen LogP contribution is -2.28. The number of hydrogen-bond donors (Lipinski definition) is 2. The van der Waals surface area contributed by atoms with E-state index in [-0.39, 0.29) is 17.8 Å². The van der Waals surface area contributed by atoms with E-state index in [1.807, 2.05) is 0 Å². The standard InChI is InChI=1S/C25H22N4O6S/c1-14-20-23(36-21(14)22(31)28-17-6-4-5-7-18(17)34-2)26-13-29(24(20)32)12-19(30)27-16-10-8-15(9-11-16)25(33)35-3/h4-11,13H,12H2,1-3H3,(H,27,30)(H,28,31). The number of rotatable bonds is 7. The van der Waals surface area contributed by atoms with Gasteiger partial charge in [-0.1, -0.05) is 12.1 Å². The summed E-state index contributed by atoms with van der Waals surface area (Å²) in [6.45, 7) is 1.39. The van der Waals surface area contributed by atoms with E-state index in [9.17, 15) is 19.2 Å². The number of ether oxygens (including phenoxy) is 2. The minimum Gasteiger partial charge on any atom is -0.495 e. The van der Waals surface area contributed by atoms with Crippen LogP contribution in [0.15, 0.2) is 59.7 Å². The number of nitrogens with zero attached hydrogens (tertiary/aromatic N) is 2. The fraction of sp³-hybridized carbons (Fsp3) is 0.160. The monoisotopic (exact) mass is 506 g/mol. The van der Waals surface area contributed by atoms with Gasteiger partial charge in [0.2, 0.25) is 5.91 Å². The molecular weight excluding hydrogens is 484 g/mol. The number of amides is 2. The first kappa shape index (κ1) is 24.6. The second-order valence-corrected chi connectivity index (χ2v) is 8.68. The molecule has 2 amide bonds. The van der Waals surface area contributed by atoms with E-state index in [0.717, 1.165) is 11.3 Å². The Morgan fingerprint density at radius 2 is 1.75 bits per heavy atom. The minimum absolute atomic E-state index is 0.279. The SMILES string of the molecule is COC(=O)c1ccc(NC(=O)Cn2cnc3sc(C(=O)Nc4ccccc4OC)c(C)c3c2=O)cc1. The summed E-state index contributed by atoms with van der Waals surface area (Å²) in [4.78, 5) is 55.2. The molecule has 0 saturated heterocycles. The number of para-hydroxylation sites is 2. The lowest BCUT2D eigenvalue weighted by molar-refractivity contribution is -0.116. The Hall–Kier alpha value is -4.51. The van der Waals surface area contributed by atoms with Gasteiger partial charge in [0.15, 0.2) is 0 Å². The second kappa shape index (κ2) is 10.4. The third kappa shape index (κ3) is 4.96.